The first-order valence-corrected chi connectivity index (χ1v) is 6.17. The molecule has 4 aromatic rings. The minimum Gasteiger partial charge on any atom is -0.338 e. The van der Waals surface area contributed by atoms with Gasteiger partial charge in [0, 0.05) is 18.0 Å². The highest BCUT2D eigenvalue weighted by Gasteiger charge is 2.09. The summed E-state index contributed by atoms with van der Waals surface area (Å²) in [4.78, 5) is 15.9. The number of imidazole rings is 1. The number of para-hydroxylation sites is 1. The molecule has 1 N–H and O–H groups in total. The third kappa shape index (κ3) is 1.64. The number of hydrogen-bond donors (Lipinski definition) is 1. The molecule has 0 radical (unpaired) electrons. The minimum absolute atomic E-state index is 0.328. The Hall–Kier alpha value is -2.82. The number of aromatic nitrogens is 4. The number of nitrogens with zero attached hydrogens (tertiary/aromatic N) is 3. The molecule has 0 amide bonds. The molecule has 4 nitrogen and oxygen atoms in total. The third-order valence-electron chi connectivity index (χ3n) is 3.21. The van der Waals surface area contributed by atoms with Crippen LogP contribution in [0.4, 0.5) is 4.39 Å². The highest BCUT2D eigenvalue weighted by atomic mass is 19.1. The first-order chi connectivity index (χ1) is 9.81. The van der Waals surface area contributed by atoms with Gasteiger partial charge in [0.15, 0.2) is 5.82 Å². The van der Waals surface area contributed by atoms with Gasteiger partial charge in [0.05, 0.1) is 16.6 Å². The Kier molecular flexibility index (Phi) is 2.26. The number of fused-ring (bicyclic) bond motifs is 2. The van der Waals surface area contributed by atoms with E-state index in [9.17, 15) is 4.39 Å². The maximum absolute atomic E-state index is 13.7. The van der Waals surface area contributed by atoms with E-state index in [4.69, 9.17) is 0 Å². The summed E-state index contributed by atoms with van der Waals surface area (Å²) in [7, 11) is 0. The van der Waals surface area contributed by atoms with Gasteiger partial charge >= 0.3 is 0 Å². The molecule has 0 saturated carbocycles. The van der Waals surface area contributed by atoms with E-state index in [1.807, 2.05) is 18.2 Å². The Balaban J connectivity index is 1.94. The normalized spacial score (nSPS) is 11.2. The first-order valence-electron chi connectivity index (χ1n) is 6.17. The van der Waals surface area contributed by atoms with Crippen LogP contribution in [0.3, 0.4) is 0 Å². The van der Waals surface area contributed by atoms with Crippen molar-refractivity contribution in [2.24, 2.45) is 0 Å². The topological polar surface area (TPSA) is 54.5 Å². The van der Waals surface area contributed by atoms with Crippen LogP contribution in [0, 0.1) is 5.82 Å². The number of aromatic amines is 1. The molecular formula is C15H9FN4. The summed E-state index contributed by atoms with van der Waals surface area (Å²) in [5.41, 5.74) is 3.49. The lowest BCUT2D eigenvalue weighted by Crippen LogP contribution is -1.85. The van der Waals surface area contributed by atoms with Gasteiger partial charge in [-0.1, -0.05) is 6.07 Å². The molecule has 20 heavy (non-hydrogen) atoms. The predicted octanol–water partition coefficient (Wildman–Crippen LogP) is 3.31. The zero-order chi connectivity index (χ0) is 13.5. The molecule has 0 saturated heterocycles. The van der Waals surface area contributed by atoms with Crippen LogP contribution in [-0.2, 0) is 0 Å². The molecular weight excluding hydrogens is 255 g/mol. The van der Waals surface area contributed by atoms with E-state index in [0.29, 0.717) is 16.9 Å². The summed E-state index contributed by atoms with van der Waals surface area (Å²) in [5.74, 6) is 0.295. The van der Waals surface area contributed by atoms with E-state index < -0.39 is 0 Å². The van der Waals surface area contributed by atoms with E-state index in [1.54, 1.807) is 24.5 Å². The number of H-pyrrole nitrogens is 1. The number of rotatable bonds is 1. The standard InChI is InChI=1S/C15H9FN4/c16-10-2-1-3-12-14(10)20-15(19-12)9-4-5-11-13(8-9)18-7-6-17-11/h1-8H,(H,19,20). The molecule has 0 unspecified atom stereocenters. The number of nitrogens with one attached hydrogen (secondary N) is 1. The summed E-state index contributed by atoms with van der Waals surface area (Å²) in [5, 5.41) is 0. The fraction of sp³-hybridized carbons (Fsp3) is 0. The molecule has 0 spiro atoms. The molecule has 0 atom stereocenters. The summed E-state index contributed by atoms with van der Waals surface area (Å²) < 4.78 is 13.7. The Morgan fingerprint density at radius 1 is 0.950 bits per heavy atom. The van der Waals surface area contributed by atoms with Crippen molar-refractivity contribution in [3.63, 3.8) is 0 Å². The second kappa shape index (κ2) is 4.09. The van der Waals surface area contributed by atoms with Crippen molar-refractivity contribution in [3.8, 4) is 11.4 Å². The maximum atomic E-state index is 13.7. The second-order valence-electron chi connectivity index (χ2n) is 4.48. The minimum atomic E-state index is -0.328. The Morgan fingerprint density at radius 3 is 2.65 bits per heavy atom. The molecule has 5 heteroatoms. The molecule has 0 aliphatic carbocycles. The zero-order valence-electron chi connectivity index (χ0n) is 10.3. The maximum Gasteiger partial charge on any atom is 0.151 e. The van der Waals surface area contributed by atoms with E-state index >= 15 is 0 Å². The van der Waals surface area contributed by atoms with Crippen molar-refractivity contribution in [1.82, 2.24) is 19.9 Å². The van der Waals surface area contributed by atoms with Crippen LogP contribution in [0.1, 0.15) is 0 Å². The Bertz CT molecular complexity index is 929. The average molecular weight is 264 g/mol. The van der Waals surface area contributed by atoms with Gasteiger partial charge in [-0.15, -0.1) is 0 Å². The Labute approximate surface area is 113 Å². The Morgan fingerprint density at radius 2 is 1.80 bits per heavy atom. The molecule has 2 aromatic carbocycles. The highest BCUT2D eigenvalue weighted by molar-refractivity contribution is 5.83. The lowest BCUT2D eigenvalue weighted by Gasteiger charge is -1.99. The number of halogens is 1. The fourth-order valence-corrected chi connectivity index (χ4v) is 2.24. The summed E-state index contributed by atoms with van der Waals surface area (Å²) in [6, 6.07) is 10.5. The summed E-state index contributed by atoms with van der Waals surface area (Å²) in [6.07, 6.45) is 3.29. The van der Waals surface area contributed by atoms with Crippen molar-refractivity contribution >= 4 is 22.1 Å². The lowest BCUT2D eigenvalue weighted by atomic mass is 10.2. The summed E-state index contributed by atoms with van der Waals surface area (Å²) >= 11 is 0. The van der Waals surface area contributed by atoms with Gasteiger partial charge in [0.2, 0.25) is 0 Å². The third-order valence-corrected chi connectivity index (χ3v) is 3.21. The quantitative estimate of drug-likeness (QED) is 0.574. The van der Waals surface area contributed by atoms with Gasteiger partial charge in [-0.25, -0.2) is 9.37 Å². The van der Waals surface area contributed by atoms with Gasteiger partial charge in [0.25, 0.3) is 0 Å². The van der Waals surface area contributed by atoms with Crippen LogP contribution >= 0.6 is 0 Å². The monoisotopic (exact) mass is 264 g/mol. The SMILES string of the molecule is Fc1cccc2[nH]c(-c3ccc4nccnc4c3)nc12. The molecule has 0 aliphatic rings. The van der Waals surface area contributed by atoms with Crippen LogP contribution in [0.5, 0.6) is 0 Å². The molecule has 2 aromatic heterocycles. The van der Waals surface area contributed by atoms with Crippen molar-refractivity contribution in [2.45, 2.75) is 0 Å². The van der Waals surface area contributed by atoms with Crippen molar-refractivity contribution in [2.75, 3.05) is 0 Å². The first kappa shape index (κ1) is 11.0. The zero-order valence-corrected chi connectivity index (χ0v) is 10.3. The molecule has 2 heterocycles. The predicted molar refractivity (Wildman–Crippen MR) is 74.6 cm³/mol. The van der Waals surface area contributed by atoms with E-state index in [0.717, 1.165) is 16.6 Å². The lowest BCUT2D eigenvalue weighted by molar-refractivity contribution is 0.637. The smallest absolute Gasteiger partial charge is 0.151 e. The number of benzene rings is 2. The van der Waals surface area contributed by atoms with Crippen LogP contribution in [0.25, 0.3) is 33.5 Å². The van der Waals surface area contributed by atoms with Crippen molar-refractivity contribution in [3.05, 3.63) is 54.6 Å². The van der Waals surface area contributed by atoms with Gasteiger partial charge in [-0.3, -0.25) is 9.97 Å². The molecule has 0 fully saturated rings. The fourth-order valence-electron chi connectivity index (χ4n) is 2.24. The van der Waals surface area contributed by atoms with E-state index in [1.165, 1.54) is 6.07 Å². The van der Waals surface area contributed by atoms with Gasteiger partial charge in [-0.05, 0) is 30.3 Å². The van der Waals surface area contributed by atoms with Crippen LogP contribution in [-0.4, -0.2) is 19.9 Å². The van der Waals surface area contributed by atoms with Crippen LogP contribution in [0.15, 0.2) is 48.8 Å². The summed E-state index contributed by atoms with van der Waals surface area (Å²) in [6.45, 7) is 0. The highest BCUT2D eigenvalue weighted by Crippen LogP contribution is 2.24. The molecule has 4 rings (SSSR count). The van der Waals surface area contributed by atoms with Crippen molar-refractivity contribution < 1.29 is 4.39 Å². The average Bonchev–Trinajstić information content (AvgIpc) is 2.92. The molecule has 0 bridgehead atoms. The van der Waals surface area contributed by atoms with E-state index in [-0.39, 0.29) is 5.82 Å². The van der Waals surface area contributed by atoms with Gasteiger partial charge in [0.1, 0.15) is 11.3 Å². The number of hydrogen-bond acceptors (Lipinski definition) is 3. The second-order valence-corrected chi connectivity index (χ2v) is 4.48. The molecule has 0 aliphatic heterocycles. The molecule has 96 valence electrons. The van der Waals surface area contributed by atoms with Gasteiger partial charge in [-0.2, -0.15) is 0 Å². The van der Waals surface area contributed by atoms with Crippen LogP contribution in [0.2, 0.25) is 0 Å². The van der Waals surface area contributed by atoms with Crippen molar-refractivity contribution in [1.29, 1.82) is 0 Å². The van der Waals surface area contributed by atoms with E-state index in [2.05, 4.69) is 19.9 Å². The largest absolute Gasteiger partial charge is 0.338 e. The van der Waals surface area contributed by atoms with Gasteiger partial charge < -0.3 is 4.98 Å². The van der Waals surface area contributed by atoms with Crippen LogP contribution < -0.4 is 0 Å².